The minimum absolute atomic E-state index is 0.115. The van der Waals surface area contributed by atoms with Crippen molar-refractivity contribution in [2.24, 2.45) is 5.92 Å². The van der Waals surface area contributed by atoms with E-state index in [1.54, 1.807) is 0 Å². The van der Waals surface area contributed by atoms with Gasteiger partial charge in [-0.15, -0.1) is 0 Å². The number of imidazole rings is 1. The summed E-state index contributed by atoms with van der Waals surface area (Å²) in [5, 5.41) is 3.53. The van der Waals surface area contributed by atoms with Crippen molar-refractivity contribution in [3.05, 3.63) is 32.7 Å². The fourth-order valence-corrected chi connectivity index (χ4v) is 3.67. The van der Waals surface area contributed by atoms with Gasteiger partial charge in [0.25, 0.3) is 0 Å². The van der Waals surface area contributed by atoms with E-state index in [0.29, 0.717) is 5.92 Å². The predicted octanol–water partition coefficient (Wildman–Crippen LogP) is 2.69. The Morgan fingerprint density at radius 3 is 2.76 bits per heavy atom. The van der Waals surface area contributed by atoms with Crippen molar-refractivity contribution in [2.45, 2.75) is 32.4 Å². The van der Waals surface area contributed by atoms with Crippen LogP contribution in [0.2, 0.25) is 0 Å². The van der Waals surface area contributed by atoms with E-state index in [-0.39, 0.29) is 17.8 Å². The zero-order chi connectivity index (χ0) is 15.0. The molecule has 5 nitrogen and oxygen atoms in total. The number of ether oxygens (including phenoxy) is 1. The molecule has 1 aromatic heterocycles. The molecular formula is C15H20BrN3O2. The van der Waals surface area contributed by atoms with E-state index in [9.17, 15) is 4.79 Å². The van der Waals surface area contributed by atoms with E-state index in [1.165, 1.54) is 0 Å². The largest absolute Gasteiger partial charge is 0.376 e. The number of hydrogen-bond acceptors (Lipinski definition) is 3. The van der Waals surface area contributed by atoms with Gasteiger partial charge in [0, 0.05) is 11.1 Å². The third-order valence-corrected chi connectivity index (χ3v) is 4.85. The maximum atomic E-state index is 11.4. The molecule has 3 rings (SSSR count). The predicted molar refractivity (Wildman–Crippen MR) is 86.6 cm³/mol. The lowest BCUT2D eigenvalue weighted by atomic mass is 9.92. The molecule has 0 saturated carbocycles. The van der Waals surface area contributed by atoms with E-state index in [2.05, 4.69) is 45.1 Å². The summed E-state index contributed by atoms with van der Waals surface area (Å²) in [5.74, 6) is 0.516. The quantitative estimate of drug-likeness (QED) is 0.791. The van der Waals surface area contributed by atoms with Crippen LogP contribution in [0.1, 0.15) is 31.9 Å². The molecule has 114 valence electrons. The van der Waals surface area contributed by atoms with Gasteiger partial charge in [0.05, 0.1) is 23.2 Å². The summed E-state index contributed by atoms with van der Waals surface area (Å²) in [6.07, 6.45) is 1.25. The van der Waals surface area contributed by atoms with Crippen LogP contribution in [0.4, 0.5) is 0 Å². The van der Waals surface area contributed by atoms with Crippen molar-refractivity contribution < 1.29 is 4.74 Å². The molecule has 2 aromatic rings. The zero-order valence-electron chi connectivity index (χ0n) is 12.2. The first kappa shape index (κ1) is 14.8. The van der Waals surface area contributed by atoms with Crippen molar-refractivity contribution in [1.29, 1.82) is 0 Å². The molecule has 21 heavy (non-hydrogen) atoms. The Hall–Kier alpha value is -1.11. The fraction of sp³-hybridized carbons (Fsp3) is 0.533. The average Bonchev–Trinajstić information content (AvgIpc) is 3.00. The number of nitrogens with one attached hydrogen (secondary N) is 3. The second kappa shape index (κ2) is 5.94. The van der Waals surface area contributed by atoms with Gasteiger partial charge in [-0.3, -0.25) is 0 Å². The Morgan fingerprint density at radius 1 is 1.43 bits per heavy atom. The molecule has 0 radical (unpaired) electrons. The van der Waals surface area contributed by atoms with E-state index in [4.69, 9.17) is 4.74 Å². The number of fused-ring (bicyclic) bond motifs is 1. The molecule has 0 spiro atoms. The molecule has 2 heterocycles. The van der Waals surface area contributed by atoms with Crippen molar-refractivity contribution in [2.75, 3.05) is 13.2 Å². The number of halogens is 1. The minimum Gasteiger partial charge on any atom is -0.376 e. The van der Waals surface area contributed by atoms with Gasteiger partial charge in [-0.05, 0) is 36.6 Å². The molecule has 0 amide bonds. The summed E-state index contributed by atoms with van der Waals surface area (Å²) in [7, 11) is 0. The smallest absolute Gasteiger partial charge is 0.323 e. The highest BCUT2D eigenvalue weighted by Crippen LogP contribution is 2.35. The van der Waals surface area contributed by atoms with Crippen molar-refractivity contribution in [3.63, 3.8) is 0 Å². The SMILES string of the molecule is CCNC(c1cc2[nH]c(=O)[nH]c2cc1Br)C1OCCC1C. The molecule has 6 heteroatoms. The topological polar surface area (TPSA) is 69.9 Å². The fourth-order valence-electron chi connectivity index (χ4n) is 3.08. The van der Waals surface area contributed by atoms with Crippen LogP contribution in [0.5, 0.6) is 0 Å². The van der Waals surface area contributed by atoms with Gasteiger partial charge >= 0.3 is 5.69 Å². The first-order chi connectivity index (χ1) is 10.1. The Morgan fingerprint density at radius 2 is 2.14 bits per heavy atom. The zero-order valence-corrected chi connectivity index (χ0v) is 13.8. The van der Waals surface area contributed by atoms with Crippen molar-refractivity contribution in [1.82, 2.24) is 15.3 Å². The summed E-state index contributed by atoms with van der Waals surface area (Å²) in [6, 6.07) is 4.09. The molecule has 3 unspecified atom stereocenters. The second-order valence-electron chi connectivity index (χ2n) is 5.64. The van der Waals surface area contributed by atoms with Gasteiger partial charge < -0.3 is 20.0 Å². The summed E-state index contributed by atoms with van der Waals surface area (Å²) in [5.41, 5.74) is 2.58. The summed E-state index contributed by atoms with van der Waals surface area (Å²) >= 11 is 3.63. The van der Waals surface area contributed by atoms with E-state index < -0.39 is 0 Å². The molecule has 1 fully saturated rings. The minimum atomic E-state index is -0.181. The van der Waals surface area contributed by atoms with Gasteiger partial charge in [-0.2, -0.15) is 0 Å². The van der Waals surface area contributed by atoms with Crippen molar-refractivity contribution in [3.8, 4) is 0 Å². The lowest BCUT2D eigenvalue weighted by Gasteiger charge is -2.28. The number of aromatic amines is 2. The van der Waals surface area contributed by atoms with Crippen LogP contribution >= 0.6 is 15.9 Å². The summed E-state index contributed by atoms with van der Waals surface area (Å²) in [4.78, 5) is 17.1. The molecular weight excluding hydrogens is 334 g/mol. The van der Waals surface area contributed by atoms with E-state index >= 15 is 0 Å². The third kappa shape index (κ3) is 2.80. The Kier molecular flexibility index (Phi) is 4.19. The van der Waals surface area contributed by atoms with E-state index in [1.807, 2.05) is 12.1 Å². The maximum Gasteiger partial charge on any atom is 0.323 e. The normalized spacial score (nSPS) is 23.8. The average molecular weight is 354 g/mol. The Bertz CT molecular complexity index is 694. The molecule has 1 aliphatic rings. The lowest BCUT2D eigenvalue weighted by molar-refractivity contribution is 0.0610. The highest BCUT2D eigenvalue weighted by Gasteiger charge is 2.33. The molecule has 0 bridgehead atoms. The van der Waals surface area contributed by atoms with Gasteiger partial charge in [0.1, 0.15) is 0 Å². The molecule has 1 saturated heterocycles. The second-order valence-corrected chi connectivity index (χ2v) is 6.49. The first-order valence-electron chi connectivity index (χ1n) is 7.36. The molecule has 3 atom stereocenters. The van der Waals surface area contributed by atoms with Gasteiger partial charge in [0.2, 0.25) is 0 Å². The number of rotatable bonds is 4. The number of benzene rings is 1. The van der Waals surface area contributed by atoms with E-state index in [0.717, 1.165) is 40.6 Å². The highest BCUT2D eigenvalue weighted by molar-refractivity contribution is 9.10. The monoisotopic (exact) mass is 353 g/mol. The Labute approximate surface area is 131 Å². The van der Waals surface area contributed by atoms with Crippen molar-refractivity contribution >= 4 is 27.0 Å². The highest BCUT2D eigenvalue weighted by atomic mass is 79.9. The Balaban J connectivity index is 2.05. The summed E-state index contributed by atoms with van der Waals surface area (Å²) < 4.78 is 6.93. The molecule has 0 aliphatic carbocycles. The number of likely N-dealkylation sites (N-methyl/N-ethyl adjacent to an activating group) is 1. The standard InChI is InChI=1S/C15H20BrN3O2/c1-3-17-13(14-8(2)4-5-21-14)9-6-11-12(7-10(9)16)19-15(20)18-11/h6-8,13-14,17H,3-5H2,1-2H3,(H2,18,19,20). The van der Waals surface area contributed by atoms with Gasteiger partial charge in [-0.1, -0.05) is 29.8 Å². The van der Waals surface area contributed by atoms with Crippen LogP contribution in [-0.4, -0.2) is 29.2 Å². The van der Waals surface area contributed by atoms with Crippen LogP contribution in [-0.2, 0) is 4.74 Å². The lowest BCUT2D eigenvalue weighted by Crippen LogP contribution is -2.35. The van der Waals surface area contributed by atoms with Gasteiger partial charge in [-0.25, -0.2) is 4.79 Å². The van der Waals surface area contributed by atoms with Crippen LogP contribution in [0.25, 0.3) is 11.0 Å². The maximum absolute atomic E-state index is 11.4. The van der Waals surface area contributed by atoms with Crippen LogP contribution < -0.4 is 11.0 Å². The molecule has 3 N–H and O–H groups in total. The number of H-pyrrole nitrogens is 2. The molecule has 1 aromatic carbocycles. The van der Waals surface area contributed by atoms with Gasteiger partial charge in [0.15, 0.2) is 0 Å². The third-order valence-electron chi connectivity index (χ3n) is 4.17. The van der Waals surface area contributed by atoms with Crippen LogP contribution in [0.15, 0.2) is 21.4 Å². The first-order valence-corrected chi connectivity index (χ1v) is 8.16. The van der Waals surface area contributed by atoms with Crippen LogP contribution in [0, 0.1) is 5.92 Å². The number of hydrogen-bond donors (Lipinski definition) is 3. The van der Waals surface area contributed by atoms with Crippen LogP contribution in [0.3, 0.4) is 0 Å². The summed E-state index contributed by atoms with van der Waals surface area (Å²) in [6.45, 7) is 6.00. The number of aromatic nitrogens is 2. The molecule has 1 aliphatic heterocycles.